The molecule has 1 amide bonds. The van der Waals surface area contributed by atoms with Crippen LogP contribution in [0.5, 0.6) is 0 Å². The molecule has 2 aliphatic rings. The number of carbonyl (C=O) groups is 2. The Kier molecular flexibility index (Phi) is 2.88. The number of hydrogen-bond donors (Lipinski definition) is 2. The number of carboxylic acids is 1. The van der Waals surface area contributed by atoms with E-state index in [-0.39, 0.29) is 16.8 Å². The van der Waals surface area contributed by atoms with E-state index in [2.05, 4.69) is 5.32 Å². The second-order valence-electron chi connectivity index (χ2n) is 4.43. The Balaban J connectivity index is 2.28. The van der Waals surface area contributed by atoms with Crippen molar-refractivity contribution in [1.29, 1.82) is 0 Å². The molecule has 0 aromatic rings. The Morgan fingerprint density at radius 1 is 1.69 bits per heavy atom. The Morgan fingerprint density at radius 2 is 2.38 bits per heavy atom. The fraction of sp³-hybridized carbons (Fsp3) is 0.800. The van der Waals surface area contributed by atoms with Gasteiger partial charge >= 0.3 is 5.97 Å². The smallest absolute Gasteiger partial charge is 0.327 e. The minimum atomic E-state index is -0.902. The van der Waals surface area contributed by atoms with Gasteiger partial charge in [-0.25, -0.2) is 4.79 Å². The molecular formula is C10H16N2O3S. The molecule has 5 nitrogen and oxygen atoms in total. The van der Waals surface area contributed by atoms with Crippen LogP contribution < -0.4 is 5.32 Å². The van der Waals surface area contributed by atoms with E-state index in [4.69, 9.17) is 5.11 Å². The van der Waals surface area contributed by atoms with Crippen LogP contribution in [0.3, 0.4) is 0 Å². The molecule has 0 saturated carbocycles. The molecule has 2 rings (SSSR count). The second-order valence-corrected chi connectivity index (χ2v) is 5.93. The molecule has 0 aromatic heterocycles. The summed E-state index contributed by atoms with van der Waals surface area (Å²) in [6, 6.07) is -0.896. The number of nitrogens with zero attached hydrogens (tertiary/aromatic N) is 1. The van der Waals surface area contributed by atoms with Crippen molar-refractivity contribution in [2.24, 2.45) is 0 Å². The normalized spacial score (nSPS) is 38.6. The quantitative estimate of drug-likeness (QED) is 0.721. The van der Waals surface area contributed by atoms with Crippen LogP contribution in [0.4, 0.5) is 0 Å². The van der Waals surface area contributed by atoms with Crippen LogP contribution in [0.25, 0.3) is 0 Å². The summed E-state index contributed by atoms with van der Waals surface area (Å²) < 4.78 is 0. The Bertz CT molecular complexity index is 336. The molecule has 16 heavy (non-hydrogen) atoms. The lowest BCUT2D eigenvalue weighted by Gasteiger charge is -2.43. The van der Waals surface area contributed by atoms with Crippen molar-refractivity contribution < 1.29 is 14.7 Å². The largest absolute Gasteiger partial charge is 0.480 e. The lowest BCUT2D eigenvalue weighted by Crippen LogP contribution is -2.60. The summed E-state index contributed by atoms with van der Waals surface area (Å²) in [7, 11) is 1.74. The predicted molar refractivity (Wildman–Crippen MR) is 61.2 cm³/mol. The van der Waals surface area contributed by atoms with Crippen LogP contribution in [-0.2, 0) is 9.59 Å². The van der Waals surface area contributed by atoms with Gasteiger partial charge in [-0.05, 0) is 26.8 Å². The van der Waals surface area contributed by atoms with Gasteiger partial charge in [-0.15, -0.1) is 11.8 Å². The Morgan fingerprint density at radius 3 is 2.94 bits per heavy atom. The molecule has 2 heterocycles. The summed E-state index contributed by atoms with van der Waals surface area (Å²) in [5.74, 6) is -0.483. The van der Waals surface area contributed by atoms with Gasteiger partial charge < -0.3 is 15.3 Å². The number of hydrogen-bond acceptors (Lipinski definition) is 4. The summed E-state index contributed by atoms with van der Waals surface area (Å²) in [5, 5.41) is 12.1. The van der Waals surface area contributed by atoms with Crippen LogP contribution in [0.2, 0.25) is 0 Å². The van der Waals surface area contributed by atoms with E-state index in [1.165, 1.54) is 0 Å². The molecule has 1 unspecified atom stereocenters. The maximum Gasteiger partial charge on any atom is 0.327 e. The van der Waals surface area contributed by atoms with E-state index in [1.54, 1.807) is 23.7 Å². The predicted octanol–water partition coefficient (Wildman–Crippen LogP) is 0.113. The van der Waals surface area contributed by atoms with Crippen molar-refractivity contribution in [3.63, 3.8) is 0 Å². The second kappa shape index (κ2) is 3.92. The number of rotatable bonds is 2. The van der Waals surface area contributed by atoms with Crippen LogP contribution in [-0.4, -0.2) is 51.6 Å². The van der Waals surface area contributed by atoms with Gasteiger partial charge in [0.05, 0.1) is 10.9 Å². The maximum atomic E-state index is 12.1. The fourth-order valence-corrected chi connectivity index (χ4v) is 3.89. The summed E-state index contributed by atoms with van der Waals surface area (Å²) in [4.78, 5) is 24.5. The highest BCUT2D eigenvalue weighted by molar-refractivity contribution is 8.00. The molecule has 2 N–H and O–H groups in total. The van der Waals surface area contributed by atoms with Gasteiger partial charge in [-0.2, -0.15) is 0 Å². The molecule has 0 aromatic carbocycles. The van der Waals surface area contributed by atoms with Gasteiger partial charge in [0.1, 0.15) is 6.04 Å². The van der Waals surface area contributed by atoms with Gasteiger partial charge in [-0.3, -0.25) is 4.79 Å². The van der Waals surface area contributed by atoms with Gasteiger partial charge in [0, 0.05) is 5.75 Å². The highest BCUT2D eigenvalue weighted by atomic mass is 32.2. The molecule has 0 spiro atoms. The molecule has 2 aliphatic heterocycles. The van der Waals surface area contributed by atoms with Crippen molar-refractivity contribution in [2.75, 3.05) is 12.8 Å². The van der Waals surface area contributed by atoms with Crippen LogP contribution in [0.1, 0.15) is 19.8 Å². The monoisotopic (exact) mass is 244 g/mol. The first-order chi connectivity index (χ1) is 7.49. The highest BCUT2D eigenvalue weighted by Crippen LogP contribution is 2.45. The number of aliphatic carboxylic acids is 1. The zero-order chi connectivity index (χ0) is 11.9. The van der Waals surface area contributed by atoms with Crippen molar-refractivity contribution in [3.8, 4) is 0 Å². The average Bonchev–Trinajstić information content (AvgIpc) is 2.57. The van der Waals surface area contributed by atoms with Crippen LogP contribution in [0.15, 0.2) is 0 Å². The molecule has 3 atom stereocenters. The highest BCUT2D eigenvalue weighted by Gasteiger charge is 2.53. The zero-order valence-electron chi connectivity index (χ0n) is 9.40. The number of piperidine rings is 1. The van der Waals surface area contributed by atoms with Gasteiger partial charge in [0.15, 0.2) is 0 Å². The topological polar surface area (TPSA) is 69.6 Å². The van der Waals surface area contributed by atoms with Gasteiger partial charge in [0.25, 0.3) is 0 Å². The Hall–Kier alpha value is -0.750. The Labute approximate surface area is 98.6 Å². The summed E-state index contributed by atoms with van der Waals surface area (Å²) >= 11 is 1.58. The first-order valence-electron chi connectivity index (χ1n) is 5.37. The number of likely N-dealkylation sites (N-methyl/N-ethyl adjacent to an activating group) is 1. The van der Waals surface area contributed by atoms with E-state index < -0.39 is 12.0 Å². The average molecular weight is 244 g/mol. The van der Waals surface area contributed by atoms with E-state index >= 15 is 0 Å². The number of amides is 1. The van der Waals surface area contributed by atoms with Crippen molar-refractivity contribution in [2.45, 2.75) is 36.7 Å². The van der Waals surface area contributed by atoms with Crippen molar-refractivity contribution in [3.05, 3.63) is 0 Å². The number of carbonyl (C=O) groups excluding carboxylic acids is 1. The first-order valence-corrected chi connectivity index (χ1v) is 6.35. The van der Waals surface area contributed by atoms with E-state index in [0.717, 1.165) is 12.8 Å². The summed E-state index contributed by atoms with van der Waals surface area (Å²) in [5.41, 5.74) is 0. The number of fused-ring (bicyclic) bond motifs is 1. The molecule has 90 valence electrons. The third-order valence-electron chi connectivity index (χ3n) is 3.44. The third-order valence-corrected chi connectivity index (χ3v) is 4.94. The molecule has 0 bridgehead atoms. The molecule has 2 fully saturated rings. The third kappa shape index (κ3) is 1.60. The zero-order valence-corrected chi connectivity index (χ0v) is 10.2. The molecule has 0 aliphatic carbocycles. The van der Waals surface area contributed by atoms with Gasteiger partial charge in [-0.1, -0.05) is 0 Å². The molecule has 2 saturated heterocycles. The summed E-state index contributed by atoms with van der Waals surface area (Å²) in [6.07, 6.45) is 1.63. The summed E-state index contributed by atoms with van der Waals surface area (Å²) in [6.45, 7) is 1.96. The minimum Gasteiger partial charge on any atom is -0.480 e. The van der Waals surface area contributed by atoms with E-state index in [9.17, 15) is 9.59 Å². The lowest BCUT2D eigenvalue weighted by molar-refractivity contribution is -0.154. The molecule has 0 radical (unpaired) electrons. The SMILES string of the molecule is CN[C@H]1CCC2(C)SC[C@@H](C(=O)O)N2C1=O. The van der Waals surface area contributed by atoms with Crippen molar-refractivity contribution >= 4 is 23.6 Å². The first kappa shape index (κ1) is 11.7. The minimum absolute atomic E-state index is 0.0753. The van der Waals surface area contributed by atoms with E-state index in [0.29, 0.717) is 5.75 Å². The number of carboxylic acid groups (broad SMARTS) is 1. The van der Waals surface area contributed by atoms with E-state index in [1.807, 2.05) is 6.92 Å². The van der Waals surface area contributed by atoms with Crippen molar-refractivity contribution in [1.82, 2.24) is 10.2 Å². The number of nitrogens with one attached hydrogen (secondary N) is 1. The lowest BCUT2D eigenvalue weighted by atomic mass is 9.96. The maximum absolute atomic E-state index is 12.1. The van der Waals surface area contributed by atoms with Crippen LogP contribution in [0, 0.1) is 0 Å². The molecular weight excluding hydrogens is 228 g/mol. The standard InChI is InChI=1S/C10H16N2O3S/c1-10-4-3-6(11-2)8(13)12(10)7(5-16-10)9(14)15/h6-7,11H,3-5H2,1-2H3,(H,14,15)/t6-,7-,10?/m0/s1. The number of thioether (sulfide) groups is 1. The molecule has 6 heteroatoms. The van der Waals surface area contributed by atoms with Gasteiger partial charge in [0.2, 0.25) is 5.91 Å². The van der Waals surface area contributed by atoms with Crippen LogP contribution >= 0.6 is 11.8 Å². The fourth-order valence-electron chi connectivity index (χ4n) is 2.46.